The van der Waals surface area contributed by atoms with Gasteiger partial charge in [0.2, 0.25) is 0 Å². The van der Waals surface area contributed by atoms with Gasteiger partial charge in [-0.2, -0.15) is 0 Å². The molecule has 1 aromatic heterocycles. The smallest absolute Gasteiger partial charge is 0.266 e. The lowest BCUT2D eigenvalue weighted by atomic mass is 10.00. The van der Waals surface area contributed by atoms with Gasteiger partial charge in [0.1, 0.15) is 10.8 Å². The number of carbonyl (C=O) groups is 1. The van der Waals surface area contributed by atoms with E-state index in [1.54, 1.807) is 7.11 Å². The van der Waals surface area contributed by atoms with Crippen LogP contribution in [-0.2, 0) is 0 Å². The lowest BCUT2D eigenvalue weighted by Gasteiger charge is -2.30. The molecular formula is C19H21ClN2O3. The fraction of sp³-hybridized carbons (Fsp3) is 0.368. The first-order chi connectivity index (χ1) is 12.1. The van der Waals surface area contributed by atoms with Gasteiger partial charge >= 0.3 is 0 Å². The van der Waals surface area contributed by atoms with Crippen molar-refractivity contribution in [2.45, 2.75) is 31.7 Å². The van der Waals surface area contributed by atoms with Gasteiger partial charge in [0.05, 0.1) is 18.7 Å². The van der Waals surface area contributed by atoms with Crippen LogP contribution in [0.15, 0.2) is 41.3 Å². The number of amides is 1. The number of aromatic amines is 1. The zero-order valence-corrected chi connectivity index (χ0v) is 14.9. The molecule has 0 unspecified atom stereocenters. The van der Waals surface area contributed by atoms with Gasteiger partial charge in [0, 0.05) is 12.7 Å². The summed E-state index contributed by atoms with van der Waals surface area (Å²) in [4.78, 5) is 28.9. The zero-order chi connectivity index (χ0) is 17.8. The molecule has 0 saturated carbocycles. The second kappa shape index (κ2) is 7.74. The SMILES string of the molecule is COc1ccc([C@@H]2CCCCCN2C(=O)c2c[nH]c(=O)c(Cl)c2)cc1. The lowest BCUT2D eigenvalue weighted by molar-refractivity contribution is 0.0680. The molecule has 5 nitrogen and oxygen atoms in total. The molecule has 1 amide bonds. The first-order valence-electron chi connectivity index (χ1n) is 8.43. The van der Waals surface area contributed by atoms with Crippen LogP contribution in [0.3, 0.4) is 0 Å². The average molecular weight is 361 g/mol. The fourth-order valence-corrected chi connectivity index (χ4v) is 3.44. The molecule has 0 bridgehead atoms. The summed E-state index contributed by atoms with van der Waals surface area (Å²) in [6.45, 7) is 0.687. The second-order valence-corrected chi connectivity index (χ2v) is 6.61. The van der Waals surface area contributed by atoms with Crippen LogP contribution in [0.2, 0.25) is 5.02 Å². The molecule has 0 spiro atoms. The summed E-state index contributed by atoms with van der Waals surface area (Å²) in [5.41, 5.74) is 1.11. The molecule has 1 atom stereocenters. The maximum Gasteiger partial charge on any atom is 0.266 e. The van der Waals surface area contributed by atoms with Crippen molar-refractivity contribution in [2.24, 2.45) is 0 Å². The fourth-order valence-electron chi connectivity index (χ4n) is 3.27. The maximum atomic E-state index is 13.0. The van der Waals surface area contributed by atoms with Crippen molar-refractivity contribution in [3.63, 3.8) is 0 Å². The van der Waals surface area contributed by atoms with Crippen molar-refractivity contribution in [1.29, 1.82) is 0 Å². The lowest BCUT2D eigenvalue weighted by Crippen LogP contribution is -2.35. The highest BCUT2D eigenvalue weighted by Crippen LogP contribution is 2.32. The molecule has 1 fully saturated rings. The first kappa shape index (κ1) is 17.5. The largest absolute Gasteiger partial charge is 0.497 e. The van der Waals surface area contributed by atoms with Crippen molar-refractivity contribution in [3.05, 3.63) is 63.0 Å². The molecule has 2 heterocycles. The van der Waals surface area contributed by atoms with Gasteiger partial charge in [-0.3, -0.25) is 9.59 Å². The Hall–Kier alpha value is -2.27. The van der Waals surface area contributed by atoms with E-state index in [9.17, 15) is 9.59 Å². The number of methoxy groups -OCH3 is 1. The highest BCUT2D eigenvalue weighted by Gasteiger charge is 2.28. The molecule has 1 saturated heterocycles. The number of aromatic nitrogens is 1. The number of ether oxygens (including phenoxy) is 1. The number of nitrogens with zero attached hydrogens (tertiary/aromatic N) is 1. The van der Waals surface area contributed by atoms with E-state index < -0.39 is 0 Å². The normalized spacial score (nSPS) is 17.8. The van der Waals surface area contributed by atoms with Crippen LogP contribution in [0.5, 0.6) is 5.75 Å². The molecule has 25 heavy (non-hydrogen) atoms. The minimum absolute atomic E-state index is 0.00612. The van der Waals surface area contributed by atoms with Crippen LogP contribution < -0.4 is 10.3 Å². The molecule has 1 aliphatic rings. The third-order valence-electron chi connectivity index (χ3n) is 4.62. The number of H-pyrrole nitrogens is 1. The highest BCUT2D eigenvalue weighted by atomic mass is 35.5. The Kier molecular flexibility index (Phi) is 5.43. The third-order valence-corrected chi connectivity index (χ3v) is 4.90. The predicted octanol–water partition coefficient (Wildman–Crippen LogP) is 3.79. The highest BCUT2D eigenvalue weighted by molar-refractivity contribution is 6.30. The van der Waals surface area contributed by atoms with Crippen LogP contribution in [0, 0.1) is 0 Å². The average Bonchev–Trinajstić information content (AvgIpc) is 2.89. The Bertz CT molecular complexity index is 801. The van der Waals surface area contributed by atoms with Gasteiger partial charge in [-0.15, -0.1) is 0 Å². The van der Waals surface area contributed by atoms with Crippen LogP contribution in [0.1, 0.15) is 47.6 Å². The van der Waals surface area contributed by atoms with Gasteiger partial charge in [-0.1, -0.05) is 36.6 Å². The molecular weight excluding hydrogens is 340 g/mol. The quantitative estimate of drug-likeness (QED) is 0.905. The predicted molar refractivity (Wildman–Crippen MR) is 97.3 cm³/mol. The molecule has 3 rings (SSSR count). The molecule has 1 aliphatic heterocycles. The minimum atomic E-state index is -0.388. The van der Waals surface area contributed by atoms with Crippen molar-refractivity contribution < 1.29 is 9.53 Å². The summed E-state index contributed by atoms with van der Waals surface area (Å²) in [5, 5.41) is 0.0293. The first-order valence-corrected chi connectivity index (χ1v) is 8.81. The number of rotatable bonds is 3. The van der Waals surface area contributed by atoms with E-state index in [1.807, 2.05) is 29.2 Å². The van der Waals surface area contributed by atoms with Gasteiger partial charge < -0.3 is 14.6 Å². The van der Waals surface area contributed by atoms with Crippen molar-refractivity contribution in [2.75, 3.05) is 13.7 Å². The number of carbonyl (C=O) groups excluding carboxylic acids is 1. The minimum Gasteiger partial charge on any atom is -0.497 e. The van der Waals surface area contributed by atoms with Crippen LogP contribution in [0.4, 0.5) is 0 Å². The van der Waals surface area contributed by atoms with Crippen LogP contribution in [0.25, 0.3) is 0 Å². The van der Waals surface area contributed by atoms with E-state index in [2.05, 4.69) is 4.98 Å². The topological polar surface area (TPSA) is 62.4 Å². The monoisotopic (exact) mass is 360 g/mol. The molecule has 2 aromatic rings. The van der Waals surface area contributed by atoms with Gasteiger partial charge in [-0.05, 0) is 36.6 Å². The number of hydrogen-bond donors (Lipinski definition) is 1. The molecule has 1 N–H and O–H groups in total. The van der Waals surface area contributed by atoms with Crippen molar-refractivity contribution >= 4 is 17.5 Å². The van der Waals surface area contributed by atoms with Gasteiger partial charge in [-0.25, -0.2) is 0 Å². The third kappa shape index (κ3) is 3.87. The standard InChI is InChI=1S/C19H21ClN2O3/c1-25-15-8-6-13(7-9-15)17-5-3-2-4-10-22(17)19(24)14-11-16(20)18(23)21-12-14/h6-9,11-12,17H,2-5,10H2,1H3,(H,21,23)/t17-/m0/s1. The molecule has 6 heteroatoms. The van der Waals surface area contributed by atoms with E-state index in [-0.39, 0.29) is 22.5 Å². The summed E-state index contributed by atoms with van der Waals surface area (Å²) in [6.07, 6.45) is 5.49. The number of halogens is 1. The van der Waals surface area contributed by atoms with Gasteiger partial charge in [0.25, 0.3) is 11.5 Å². The Labute approximate surface area is 151 Å². The van der Waals surface area contributed by atoms with E-state index in [0.29, 0.717) is 12.1 Å². The number of pyridine rings is 1. The van der Waals surface area contributed by atoms with Crippen molar-refractivity contribution in [1.82, 2.24) is 9.88 Å². The Morgan fingerprint density at radius 3 is 2.68 bits per heavy atom. The van der Waals surface area contributed by atoms with Crippen molar-refractivity contribution in [3.8, 4) is 5.75 Å². The van der Waals surface area contributed by atoms with Crippen LogP contribution in [-0.4, -0.2) is 29.4 Å². The maximum absolute atomic E-state index is 13.0. The van der Waals surface area contributed by atoms with Crippen LogP contribution >= 0.6 is 11.6 Å². The number of nitrogens with one attached hydrogen (secondary N) is 1. The number of benzene rings is 1. The molecule has 0 aliphatic carbocycles. The Balaban J connectivity index is 1.92. The number of hydrogen-bond acceptors (Lipinski definition) is 3. The molecule has 0 radical (unpaired) electrons. The molecule has 1 aromatic carbocycles. The number of likely N-dealkylation sites (tertiary alicyclic amines) is 1. The van der Waals surface area contributed by atoms with E-state index in [4.69, 9.17) is 16.3 Å². The summed E-state index contributed by atoms with van der Waals surface area (Å²) in [5.74, 6) is 0.684. The van der Waals surface area contributed by atoms with E-state index in [1.165, 1.54) is 12.3 Å². The summed E-state index contributed by atoms with van der Waals surface area (Å²) in [7, 11) is 1.64. The zero-order valence-electron chi connectivity index (χ0n) is 14.1. The summed E-state index contributed by atoms with van der Waals surface area (Å²) in [6, 6.07) is 9.30. The van der Waals surface area contributed by atoms with E-state index >= 15 is 0 Å². The second-order valence-electron chi connectivity index (χ2n) is 6.20. The van der Waals surface area contributed by atoms with Gasteiger partial charge in [0.15, 0.2) is 0 Å². The molecule has 132 valence electrons. The summed E-state index contributed by atoms with van der Waals surface area (Å²) >= 11 is 5.89. The Morgan fingerprint density at radius 2 is 2.00 bits per heavy atom. The Morgan fingerprint density at radius 1 is 1.24 bits per heavy atom. The summed E-state index contributed by atoms with van der Waals surface area (Å²) < 4.78 is 5.22. The van der Waals surface area contributed by atoms with E-state index in [0.717, 1.165) is 37.0 Å².